The Morgan fingerprint density at radius 2 is 2.19 bits per heavy atom. The van der Waals surface area contributed by atoms with Crippen molar-refractivity contribution in [3.63, 3.8) is 0 Å². The molecule has 0 N–H and O–H groups in total. The van der Waals surface area contributed by atoms with Crippen LogP contribution in [0.3, 0.4) is 0 Å². The third kappa shape index (κ3) is 2.94. The van der Waals surface area contributed by atoms with Crippen molar-refractivity contribution in [2.45, 2.75) is 12.8 Å². The number of hydrogen-bond acceptors (Lipinski definition) is 3. The van der Waals surface area contributed by atoms with Crippen LogP contribution < -0.4 is 0 Å². The lowest BCUT2D eigenvalue weighted by Crippen LogP contribution is -1.87. The van der Waals surface area contributed by atoms with Crippen LogP contribution in [0.2, 0.25) is 5.02 Å². The molecule has 5 heteroatoms. The van der Waals surface area contributed by atoms with E-state index in [1.807, 2.05) is 12.1 Å². The molecule has 84 valence electrons. The summed E-state index contributed by atoms with van der Waals surface area (Å²) >= 11 is 13.0. The van der Waals surface area contributed by atoms with Crippen molar-refractivity contribution in [2.24, 2.45) is 0 Å². The number of pyridine rings is 1. The molecule has 0 saturated heterocycles. The SMILES string of the molecule is ClCCCc1csc(-c2ccc(Cl)cn2)n1. The summed E-state index contributed by atoms with van der Waals surface area (Å²) in [5.74, 6) is 0.673. The second-order valence-corrected chi connectivity index (χ2v) is 4.97. The molecular formula is C11H10Cl2N2S. The maximum absolute atomic E-state index is 5.78. The van der Waals surface area contributed by atoms with Crippen molar-refractivity contribution in [3.05, 3.63) is 34.4 Å². The fraction of sp³-hybridized carbons (Fsp3) is 0.273. The zero-order valence-corrected chi connectivity index (χ0v) is 10.8. The Balaban J connectivity index is 2.15. The molecule has 0 atom stereocenters. The van der Waals surface area contributed by atoms with Crippen LogP contribution in [0.25, 0.3) is 10.7 Å². The topological polar surface area (TPSA) is 25.8 Å². The van der Waals surface area contributed by atoms with Crippen LogP contribution in [-0.2, 0) is 6.42 Å². The minimum Gasteiger partial charge on any atom is -0.252 e. The zero-order chi connectivity index (χ0) is 11.4. The van der Waals surface area contributed by atoms with Crippen molar-refractivity contribution in [2.75, 3.05) is 5.88 Å². The van der Waals surface area contributed by atoms with E-state index in [4.69, 9.17) is 23.2 Å². The van der Waals surface area contributed by atoms with E-state index in [0.29, 0.717) is 10.9 Å². The smallest absolute Gasteiger partial charge is 0.142 e. The van der Waals surface area contributed by atoms with Gasteiger partial charge in [0.05, 0.1) is 16.4 Å². The van der Waals surface area contributed by atoms with Crippen molar-refractivity contribution in [1.29, 1.82) is 0 Å². The van der Waals surface area contributed by atoms with Crippen LogP contribution in [-0.4, -0.2) is 15.8 Å². The molecule has 0 amide bonds. The number of aromatic nitrogens is 2. The molecule has 0 aliphatic rings. The van der Waals surface area contributed by atoms with Crippen LogP contribution in [0, 0.1) is 0 Å². The Morgan fingerprint density at radius 3 is 2.88 bits per heavy atom. The quantitative estimate of drug-likeness (QED) is 0.786. The predicted molar refractivity (Wildman–Crippen MR) is 69.4 cm³/mol. The highest BCUT2D eigenvalue weighted by molar-refractivity contribution is 7.13. The summed E-state index contributed by atoms with van der Waals surface area (Å²) in [4.78, 5) is 8.73. The number of hydrogen-bond donors (Lipinski definition) is 0. The van der Waals surface area contributed by atoms with Gasteiger partial charge in [-0.3, -0.25) is 4.98 Å². The van der Waals surface area contributed by atoms with Crippen LogP contribution in [0.15, 0.2) is 23.7 Å². The summed E-state index contributed by atoms with van der Waals surface area (Å²) in [5.41, 5.74) is 1.95. The van der Waals surface area contributed by atoms with Crippen molar-refractivity contribution < 1.29 is 0 Å². The molecule has 2 heterocycles. The first-order valence-electron chi connectivity index (χ1n) is 4.92. The van der Waals surface area contributed by atoms with Gasteiger partial charge in [0, 0.05) is 17.5 Å². The van der Waals surface area contributed by atoms with Crippen LogP contribution in [0.1, 0.15) is 12.1 Å². The van der Waals surface area contributed by atoms with E-state index in [1.54, 1.807) is 17.5 Å². The molecule has 0 aromatic carbocycles. The number of halogens is 2. The van der Waals surface area contributed by atoms with Gasteiger partial charge in [-0.05, 0) is 25.0 Å². The molecule has 2 aromatic rings. The van der Waals surface area contributed by atoms with E-state index in [-0.39, 0.29) is 0 Å². The number of thiazole rings is 1. The Bertz CT molecular complexity index is 453. The highest BCUT2D eigenvalue weighted by Gasteiger charge is 2.05. The molecule has 0 saturated carbocycles. The molecule has 2 rings (SSSR count). The molecule has 0 spiro atoms. The van der Waals surface area contributed by atoms with E-state index in [2.05, 4.69) is 15.3 Å². The maximum Gasteiger partial charge on any atom is 0.142 e. The summed E-state index contributed by atoms with van der Waals surface area (Å²) in [6, 6.07) is 3.70. The van der Waals surface area contributed by atoms with Gasteiger partial charge in [0.25, 0.3) is 0 Å². The van der Waals surface area contributed by atoms with Gasteiger partial charge in [-0.15, -0.1) is 22.9 Å². The second-order valence-electron chi connectivity index (χ2n) is 3.30. The van der Waals surface area contributed by atoms with Crippen LogP contribution in [0.4, 0.5) is 0 Å². The lowest BCUT2D eigenvalue weighted by Gasteiger charge is -1.95. The van der Waals surface area contributed by atoms with Gasteiger partial charge in [0.1, 0.15) is 5.01 Å². The standard InChI is InChI=1S/C11H10Cl2N2S/c12-5-1-2-9-7-16-11(15-9)10-4-3-8(13)6-14-10/h3-4,6-7H,1-2,5H2. The predicted octanol–water partition coefficient (Wildman–Crippen LogP) is 4.03. The maximum atomic E-state index is 5.78. The summed E-state index contributed by atoms with van der Waals surface area (Å²) in [5, 5.41) is 3.63. The van der Waals surface area contributed by atoms with Gasteiger partial charge in [0.2, 0.25) is 0 Å². The lowest BCUT2D eigenvalue weighted by atomic mass is 10.3. The highest BCUT2D eigenvalue weighted by atomic mass is 35.5. The molecule has 2 nitrogen and oxygen atoms in total. The summed E-state index contributed by atoms with van der Waals surface area (Å²) < 4.78 is 0. The first-order valence-corrected chi connectivity index (χ1v) is 6.71. The molecule has 0 aliphatic carbocycles. The molecule has 0 aliphatic heterocycles. The van der Waals surface area contributed by atoms with E-state index < -0.39 is 0 Å². The van der Waals surface area contributed by atoms with Gasteiger partial charge in [0.15, 0.2) is 0 Å². The van der Waals surface area contributed by atoms with Crippen molar-refractivity contribution in [3.8, 4) is 10.7 Å². The minimum absolute atomic E-state index is 0.641. The largest absolute Gasteiger partial charge is 0.252 e. The van der Waals surface area contributed by atoms with Gasteiger partial charge in [-0.1, -0.05) is 11.6 Å². The fourth-order valence-electron chi connectivity index (χ4n) is 1.29. The first kappa shape index (κ1) is 11.8. The second kappa shape index (κ2) is 5.62. The number of alkyl halides is 1. The molecule has 0 unspecified atom stereocenters. The molecule has 0 radical (unpaired) electrons. The number of nitrogens with zero attached hydrogens (tertiary/aromatic N) is 2. The van der Waals surface area contributed by atoms with E-state index in [9.17, 15) is 0 Å². The monoisotopic (exact) mass is 272 g/mol. The number of rotatable bonds is 4. The van der Waals surface area contributed by atoms with Crippen LogP contribution in [0.5, 0.6) is 0 Å². The summed E-state index contributed by atoms with van der Waals surface area (Å²) in [7, 11) is 0. The van der Waals surface area contributed by atoms with Gasteiger partial charge in [-0.2, -0.15) is 0 Å². The number of aryl methyl sites for hydroxylation is 1. The molecule has 2 aromatic heterocycles. The van der Waals surface area contributed by atoms with Crippen molar-refractivity contribution >= 4 is 34.5 Å². The summed E-state index contributed by atoms with van der Waals surface area (Å²) in [6.45, 7) is 0. The third-order valence-electron chi connectivity index (χ3n) is 2.06. The Kier molecular flexibility index (Phi) is 4.16. The molecule has 16 heavy (non-hydrogen) atoms. The first-order chi connectivity index (χ1) is 7.79. The van der Waals surface area contributed by atoms with Gasteiger partial charge in [-0.25, -0.2) is 4.98 Å². The summed E-state index contributed by atoms with van der Waals surface area (Å²) in [6.07, 6.45) is 3.52. The van der Waals surface area contributed by atoms with E-state index in [0.717, 1.165) is 29.2 Å². The van der Waals surface area contributed by atoms with Crippen molar-refractivity contribution in [1.82, 2.24) is 9.97 Å². The Labute approximate surface area is 108 Å². The molecule has 0 bridgehead atoms. The molecule has 0 fully saturated rings. The molecular weight excluding hydrogens is 263 g/mol. The van der Waals surface area contributed by atoms with Gasteiger partial charge < -0.3 is 0 Å². The highest BCUT2D eigenvalue weighted by Crippen LogP contribution is 2.23. The fourth-order valence-corrected chi connectivity index (χ4v) is 2.36. The average Bonchev–Trinajstić information content (AvgIpc) is 2.76. The van der Waals surface area contributed by atoms with E-state index in [1.165, 1.54) is 0 Å². The van der Waals surface area contributed by atoms with Crippen LogP contribution >= 0.6 is 34.5 Å². The Morgan fingerprint density at radius 1 is 1.31 bits per heavy atom. The third-order valence-corrected chi connectivity index (χ3v) is 3.47. The average molecular weight is 273 g/mol. The Hall–Kier alpha value is -0.640. The van der Waals surface area contributed by atoms with Gasteiger partial charge >= 0.3 is 0 Å². The van der Waals surface area contributed by atoms with E-state index >= 15 is 0 Å². The minimum atomic E-state index is 0.641. The lowest BCUT2D eigenvalue weighted by molar-refractivity contribution is 0.899. The normalized spacial score (nSPS) is 10.6. The zero-order valence-electron chi connectivity index (χ0n) is 8.49.